The smallest absolute Gasteiger partial charge is 0.407 e. The number of Topliss-reactive ketones (excluding diaryl/α,β-unsaturated/α-hetero) is 1. The van der Waals surface area contributed by atoms with Gasteiger partial charge in [0, 0.05) is 37.5 Å². The van der Waals surface area contributed by atoms with Crippen LogP contribution >= 0.6 is 0 Å². The molecule has 1 unspecified atom stereocenters. The lowest BCUT2D eigenvalue weighted by molar-refractivity contribution is -0.137. The van der Waals surface area contributed by atoms with Crippen molar-refractivity contribution in [1.82, 2.24) is 10.2 Å². The average Bonchev–Trinajstić information content (AvgIpc) is 3.40. The van der Waals surface area contributed by atoms with Gasteiger partial charge in [-0.2, -0.15) is 8.42 Å². The Labute approximate surface area is 224 Å². The van der Waals surface area contributed by atoms with Crippen molar-refractivity contribution in [2.75, 3.05) is 26.0 Å². The fraction of sp³-hybridized carbons (Fsp3) is 0.269. The van der Waals surface area contributed by atoms with Crippen LogP contribution in [-0.4, -0.2) is 74.5 Å². The van der Waals surface area contributed by atoms with Crippen LogP contribution in [0.5, 0.6) is 0 Å². The minimum absolute atomic E-state index is 0.0618. The monoisotopic (exact) mass is 558 g/mol. The molecule has 4 rings (SSSR count). The molecule has 0 bridgehead atoms. The van der Waals surface area contributed by atoms with Crippen LogP contribution in [-0.2, 0) is 44.8 Å². The predicted octanol–water partition coefficient (Wildman–Crippen LogP) is 1.59. The second kappa shape index (κ2) is 13.0. The molecule has 1 heterocycles. The molecule has 12 nitrogen and oxygen atoms in total. The maximum Gasteiger partial charge on any atom is 0.407 e. The number of nitrogens with zero attached hydrogens (tertiary/aromatic N) is 1. The van der Waals surface area contributed by atoms with Crippen LogP contribution in [0.4, 0.5) is 4.79 Å². The van der Waals surface area contributed by atoms with E-state index >= 15 is 0 Å². The number of benzene rings is 2. The van der Waals surface area contributed by atoms with E-state index in [2.05, 4.69) is 9.65 Å². The molecular formula is C26H26N2O10S. The summed E-state index contributed by atoms with van der Waals surface area (Å²) in [7, 11) is -3.61. The van der Waals surface area contributed by atoms with Gasteiger partial charge in [0.2, 0.25) is 0 Å². The second-order valence-corrected chi connectivity index (χ2v) is 10.2. The highest BCUT2D eigenvalue weighted by Gasteiger charge is 2.30. The number of fused-ring (bicyclic) bond motifs is 3. The van der Waals surface area contributed by atoms with E-state index in [-0.39, 0.29) is 44.2 Å². The summed E-state index contributed by atoms with van der Waals surface area (Å²) in [4.78, 5) is 59.1. The van der Waals surface area contributed by atoms with Crippen molar-refractivity contribution in [3.05, 3.63) is 71.3 Å². The van der Waals surface area contributed by atoms with Crippen molar-refractivity contribution >= 4 is 40.1 Å². The van der Waals surface area contributed by atoms with Crippen LogP contribution in [0, 0.1) is 0 Å². The number of hydrogen-bond donors (Lipinski definition) is 2. The molecule has 3 amide bonds. The third-order valence-corrected chi connectivity index (χ3v) is 6.15. The van der Waals surface area contributed by atoms with Gasteiger partial charge in [0.1, 0.15) is 18.7 Å². The normalized spacial score (nSPS) is 15.2. The zero-order valence-electron chi connectivity index (χ0n) is 20.9. The van der Waals surface area contributed by atoms with E-state index in [1.165, 1.54) is 12.2 Å². The van der Waals surface area contributed by atoms with Gasteiger partial charge in [-0.1, -0.05) is 42.5 Å². The number of rotatable bonds is 10. The van der Waals surface area contributed by atoms with Gasteiger partial charge in [0.15, 0.2) is 0 Å². The summed E-state index contributed by atoms with van der Waals surface area (Å²) < 4.78 is 27.3. The minimum Gasteiger partial charge on any atom is -0.449 e. The number of carbonyl (C=O) groups is 5. The van der Waals surface area contributed by atoms with Gasteiger partial charge < -0.3 is 14.8 Å². The number of aldehydes is 1. The molecule has 0 saturated carbocycles. The standard InChI is InChI=1S/C25H22N2O6.CH4O4S/c28-12-10-26-25(32)33-15-22-19-4-2-1-3-18(19)20-6-5-16(14-21(20)22)13-17(29)9-11-27-23(30)7-8-24(27)31;1-6(3,4)5-2/h1-8,12,14,22H,9-11,13,15H2,(H,26,32);2H,1H3. The van der Waals surface area contributed by atoms with Gasteiger partial charge in [-0.25, -0.2) is 10.1 Å². The van der Waals surface area contributed by atoms with E-state index in [0.717, 1.165) is 39.0 Å². The number of alkyl carbamates (subject to hydrolysis) is 1. The van der Waals surface area contributed by atoms with E-state index in [1.54, 1.807) is 0 Å². The summed E-state index contributed by atoms with van der Waals surface area (Å²) in [5.74, 6) is -1.08. The Balaban J connectivity index is 0.000000631. The van der Waals surface area contributed by atoms with E-state index in [1.807, 2.05) is 42.5 Å². The SMILES string of the molecule is CS(=O)(=O)OO.O=CCNC(=O)OCC1c2ccccc2-c2ccc(CC(=O)CCN3C(=O)C=CC3=O)cc21. The molecule has 39 heavy (non-hydrogen) atoms. The molecule has 2 aliphatic rings. The molecule has 13 heteroatoms. The number of ether oxygens (including phenoxy) is 1. The molecule has 1 atom stereocenters. The van der Waals surface area contributed by atoms with E-state index < -0.39 is 28.0 Å². The number of hydrogen-bond acceptors (Lipinski definition) is 10. The number of nitrogens with one attached hydrogen (secondary N) is 1. The first-order chi connectivity index (χ1) is 18.5. The first kappa shape index (κ1) is 29.4. The summed E-state index contributed by atoms with van der Waals surface area (Å²) in [6.45, 7) is 0.0398. The average molecular weight is 559 g/mol. The third-order valence-electron chi connectivity index (χ3n) is 5.88. The summed E-state index contributed by atoms with van der Waals surface area (Å²) in [6, 6.07) is 13.6. The topological polar surface area (TPSA) is 173 Å². The Hall–Kier alpha value is -4.20. The van der Waals surface area contributed by atoms with Crippen molar-refractivity contribution in [3.8, 4) is 11.1 Å². The van der Waals surface area contributed by atoms with E-state index in [4.69, 9.17) is 9.99 Å². The Bertz CT molecular complexity index is 1400. The molecule has 2 N–H and O–H groups in total. The van der Waals surface area contributed by atoms with Crippen LogP contribution in [0.25, 0.3) is 11.1 Å². The molecule has 2 aromatic carbocycles. The van der Waals surface area contributed by atoms with Gasteiger partial charge in [-0.15, -0.1) is 4.33 Å². The van der Waals surface area contributed by atoms with Crippen LogP contribution in [0.1, 0.15) is 29.0 Å². The summed E-state index contributed by atoms with van der Waals surface area (Å²) in [5.41, 5.74) is 4.85. The molecule has 1 aliphatic carbocycles. The predicted molar refractivity (Wildman–Crippen MR) is 137 cm³/mol. The molecule has 0 aromatic heterocycles. The molecule has 0 saturated heterocycles. The van der Waals surface area contributed by atoms with Gasteiger partial charge in [-0.3, -0.25) is 19.3 Å². The summed E-state index contributed by atoms with van der Waals surface area (Å²) >= 11 is 0. The third kappa shape index (κ3) is 7.89. The Morgan fingerprint density at radius 1 is 1.05 bits per heavy atom. The quantitative estimate of drug-likeness (QED) is 0.189. The Morgan fingerprint density at radius 2 is 1.69 bits per heavy atom. The number of imide groups is 1. The van der Waals surface area contributed by atoms with Crippen molar-refractivity contribution < 1.29 is 46.7 Å². The lowest BCUT2D eigenvalue weighted by Gasteiger charge is -2.15. The van der Waals surface area contributed by atoms with E-state index in [9.17, 15) is 32.4 Å². The lowest BCUT2D eigenvalue weighted by Crippen LogP contribution is -2.32. The van der Waals surface area contributed by atoms with Crippen molar-refractivity contribution in [2.45, 2.75) is 18.8 Å². The molecule has 206 valence electrons. The van der Waals surface area contributed by atoms with Gasteiger partial charge in [0.25, 0.3) is 21.9 Å². The minimum atomic E-state index is -3.61. The highest BCUT2D eigenvalue weighted by molar-refractivity contribution is 7.85. The Kier molecular flexibility index (Phi) is 9.82. The van der Waals surface area contributed by atoms with Crippen LogP contribution < -0.4 is 5.32 Å². The fourth-order valence-corrected chi connectivity index (χ4v) is 4.19. The number of ketones is 1. The van der Waals surface area contributed by atoms with Gasteiger partial charge in [0.05, 0.1) is 12.8 Å². The molecule has 0 radical (unpaired) electrons. The van der Waals surface area contributed by atoms with Crippen molar-refractivity contribution in [3.63, 3.8) is 0 Å². The van der Waals surface area contributed by atoms with Crippen LogP contribution in [0.15, 0.2) is 54.6 Å². The van der Waals surface area contributed by atoms with Gasteiger partial charge in [-0.05, 0) is 27.8 Å². The van der Waals surface area contributed by atoms with Crippen LogP contribution in [0.3, 0.4) is 0 Å². The van der Waals surface area contributed by atoms with Gasteiger partial charge >= 0.3 is 6.09 Å². The first-order valence-corrected chi connectivity index (χ1v) is 13.5. The molecule has 0 spiro atoms. The Morgan fingerprint density at radius 3 is 2.33 bits per heavy atom. The van der Waals surface area contributed by atoms with Crippen molar-refractivity contribution in [2.24, 2.45) is 0 Å². The maximum atomic E-state index is 12.5. The van der Waals surface area contributed by atoms with Crippen molar-refractivity contribution in [1.29, 1.82) is 0 Å². The maximum absolute atomic E-state index is 12.5. The second-order valence-electron chi connectivity index (χ2n) is 8.61. The summed E-state index contributed by atoms with van der Waals surface area (Å²) in [6.07, 6.45) is 3.31. The van der Waals surface area contributed by atoms with E-state index in [0.29, 0.717) is 6.29 Å². The largest absolute Gasteiger partial charge is 0.449 e. The number of carbonyl (C=O) groups excluding carboxylic acids is 5. The molecule has 2 aromatic rings. The zero-order chi connectivity index (χ0) is 28.6. The molecule has 1 aliphatic heterocycles. The lowest BCUT2D eigenvalue weighted by atomic mass is 9.95. The zero-order valence-corrected chi connectivity index (χ0v) is 21.7. The molecule has 0 fully saturated rings. The fourth-order valence-electron chi connectivity index (χ4n) is 4.19. The number of amides is 3. The first-order valence-electron chi connectivity index (χ1n) is 11.7. The summed E-state index contributed by atoms with van der Waals surface area (Å²) in [5, 5.41) is 9.67. The highest BCUT2D eigenvalue weighted by atomic mass is 32.2. The molecular weight excluding hydrogens is 532 g/mol. The van der Waals surface area contributed by atoms with Crippen LogP contribution in [0.2, 0.25) is 0 Å². The highest BCUT2D eigenvalue weighted by Crippen LogP contribution is 2.45.